The molecule has 0 aliphatic rings. The van der Waals surface area contributed by atoms with Crippen LogP contribution < -0.4 is 5.32 Å². The predicted molar refractivity (Wildman–Crippen MR) is 92.5 cm³/mol. The standard InChI is InChI=1S/C18H40N2/c1-4-7-10-11-12-13-14-19-15-18-20(16-8-5-2)17-9-6-3/h19H,4-18H2,1-3H3. The van der Waals surface area contributed by atoms with Gasteiger partial charge in [-0.15, -0.1) is 0 Å². The molecule has 0 amide bonds. The fraction of sp³-hybridized carbons (Fsp3) is 1.00. The van der Waals surface area contributed by atoms with Gasteiger partial charge in [0, 0.05) is 13.1 Å². The third-order valence-electron chi connectivity index (χ3n) is 3.97. The number of hydrogen-bond acceptors (Lipinski definition) is 2. The smallest absolute Gasteiger partial charge is 0.0107 e. The van der Waals surface area contributed by atoms with Gasteiger partial charge in [-0.1, -0.05) is 65.7 Å². The highest BCUT2D eigenvalue weighted by Crippen LogP contribution is 2.04. The number of nitrogens with one attached hydrogen (secondary N) is 1. The Bertz CT molecular complexity index is 163. The first-order valence-corrected chi connectivity index (χ1v) is 9.28. The highest BCUT2D eigenvalue weighted by molar-refractivity contribution is 4.60. The summed E-state index contributed by atoms with van der Waals surface area (Å²) in [6.07, 6.45) is 13.7. The molecule has 0 aliphatic carbocycles. The van der Waals surface area contributed by atoms with Crippen molar-refractivity contribution in [2.75, 3.05) is 32.7 Å². The summed E-state index contributed by atoms with van der Waals surface area (Å²) in [5.74, 6) is 0. The van der Waals surface area contributed by atoms with Crippen LogP contribution in [0.5, 0.6) is 0 Å². The molecule has 20 heavy (non-hydrogen) atoms. The van der Waals surface area contributed by atoms with Gasteiger partial charge in [0.1, 0.15) is 0 Å². The minimum absolute atomic E-state index is 1.17. The van der Waals surface area contributed by atoms with Gasteiger partial charge in [0.2, 0.25) is 0 Å². The highest BCUT2D eigenvalue weighted by Gasteiger charge is 2.02. The van der Waals surface area contributed by atoms with Crippen molar-refractivity contribution in [3.05, 3.63) is 0 Å². The molecule has 0 saturated heterocycles. The first-order valence-electron chi connectivity index (χ1n) is 9.28. The van der Waals surface area contributed by atoms with E-state index in [4.69, 9.17) is 0 Å². The number of rotatable bonds is 16. The van der Waals surface area contributed by atoms with E-state index in [1.165, 1.54) is 96.9 Å². The van der Waals surface area contributed by atoms with Gasteiger partial charge in [0.05, 0.1) is 0 Å². The van der Waals surface area contributed by atoms with Crippen molar-refractivity contribution in [3.8, 4) is 0 Å². The van der Waals surface area contributed by atoms with E-state index in [9.17, 15) is 0 Å². The molecule has 0 atom stereocenters. The van der Waals surface area contributed by atoms with Gasteiger partial charge in [0.15, 0.2) is 0 Å². The molecule has 0 fully saturated rings. The molecule has 0 bridgehead atoms. The summed E-state index contributed by atoms with van der Waals surface area (Å²) in [6, 6.07) is 0. The molecule has 122 valence electrons. The Hall–Kier alpha value is -0.0800. The van der Waals surface area contributed by atoms with Crippen LogP contribution in [0.3, 0.4) is 0 Å². The van der Waals surface area contributed by atoms with E-state index in [1.807, 2.05) is 0 Å². The van der Waals surface area contributed by atoms with Gasteiger partial charge in [-0.05, 0) is 38.9 Å². The highest BCUT2D eigenvalue weighted by atomic mass is 15.1. The van der Waals surface area contributed by atoms with Crippen molar-refractivity contribution < 1.29 is 0 Å². The maximum absolute atomic E-state index is 3.62. The average molecular weight is 285 g/mol. The van der Waals surface area contributed by atoms with E-state index >= 15 is 0 Å². The van der Waals surface area contributed by atoms with Crippen molar-refractivity contribution in [1.29, 1.82) is 0 Å². The third-order valence-corrected chi connectivity index (χ3v) is 3.97. The second-order valence-corrected chi connectivity index (χ2v) is 6.07. The van der Waals surface area contributed by atoms with Crippen LogP contribution in [0.25, 0.3) is 0 Å². The molecule has 0 radical (unpaired) electrons. The lowest BCUT2D eigenvalue weighted by Crippen LogP contribution is -2.34. The van der Waals surface area contributed by atoms with Gasteiger partial charge in [-0.25, -0.2) is 0 Å². The molecule has 0 saturated carbocycles. The van der Waals surface area contributed by atoms with Crippen molar-refractivity contribution in [2.45, 2.75) is 85.0 Å². The lowest BCUT2D eigenvalue weighted by molar-refractivity contribution is 0.264. The zero-order valence-electron chi connectivity index (χ0n) is 14.6. The molecule has 0 aromatic carbocycles. The SMILES string of the molecule is CCCCCCCCNCCN(CCCC)CCCC. The molecule has 0 unspecified atom stereocenters. The molecule has 2 heteroatoms. The maximum Gasteiger partial charge on any atom is 0.0107 e. The van der Waals surface area contributed by atoms with Crippen LogP contribution in [-0.2, 0) is 0 Å². The summed E-state index contributed by atoms with van der Waals surface area (Å²) in [5.41, 5.74) is 0. The Kier molecular flexibility index (Phi) is 16.9. The van der Waals surface area contributed by atoms with E-state index in [0.29, 0.717) is 0 Å². The van der Waals surface area contributed by atoms with Gasteiger partial charge in [0.25, 0.3) is 0 Å². The van der Waals surface area contributed by atoms with Gasteiger partial charge >= 0.3 is 0 Å². The number of hydrogen-bond donors (Lipinski definition) is 1. The summed E-state index contributed by atoms with van der Waals surface area (Å²) in [6.45, 7) is 13.0. The minimum Gasteiger partial charge on any atom is -0.315 e. The lowest BCUT2D eigenvalue weighted by Gasteiger charge is -2.22. The maximum atomic E-state index is 3.62. The lowest BCUT2D eigenvalue weighted by atomic mass is 10.1. The number of unbranched alkanes of at least 4 members (excludes halogenated alkanes) is 7. The van der Waals surface area contributed by atoms with E-state index in [-0.39, 0.29) is 0 Å². The summed E-state index contributed by atoms with van der Waals surface area (Å²) in [4.78, 5) is 2.64. The van der Waals surface area contributed by atoms with Crippen LogP contribution in [0.2, 0.25) is 0 Å². The van der Waals surface area contributed by atoms with E-state index in [2.05, 4.69) is 31.0 Å². The van der Waals surface area contributed by atoms with Crippen LogP contribution in [0, 0.1) is 0 Å². The summed E-state index contributed by atoms with van der Waals surface area (Å²) >= 11 is 0. The largest absolute Gasteiger partial charge is 0.315 e. The van der Waals surface area contributed by atoms with Gasteiger partial charge in [-0.2, -0.15) is 0 Å². The van der Waals surface area contributed by atoms with Crippen LogP contribution >= 0.6 is 0 Å². The zero-order chi connectivity index (χ0) is 14.9. The molecule has 0 heterocycles. The first kappa shape index (κ1) is 19.9. The summed E-state index contributed by atoms with van der Waals surface area (Å²) in [5, 5.41) is 3.62. The molecule has 0 aromatic rings. The summed E-state index contributed by atoms with van der Waals surface area (Å²) in [7, 11) is 0. The molecule has 1 N–H and O–H groups in total. The monoisotopic (exact) mass is 284 g/mol. The van der Waals surface area contributed by atoms with Crippen molar-refractivity contribution in [1.82, 2.24) is 10.2 Å². The topological polar surface area (TPSA) is 15.3 Å². The Morgan fingerprint density at radius 1 is 0.550 bits per heavy atom. The normalized spacial score (nSPS) is 11.4. The Labute approximate surface area is 128 Å². The predicted octanol–water partition coefficient (Wildman–Crippen LogP) is 4.84. The molecule has 0 aliphatic heterocycles. The zero-order valence-corrected chi connectivity index (χ0v) is 14.6. The van der Waals surface area contributed by atoms with Crippen molar-refractivity contribution in [3.63, 3.8) is 0 Å². The van der Waals surface area contributed by atoms with Gasteiger partial charge < -0.3 is 10.2 Å². The quantitative estimate of drug-likeness (QED) is 0.408. The average Bonchev–Trinajstić information content (AvgIpc) is 2.47. The Morgan fingerprint density at radius 3 is 1.70 bits per heavy atom. The molecule has 0 aromatic heterocycles. The van der Waals surface area contributed by atoms with Crippen molar-refractivity contribution in [2.24, 2.45) is 0 Å². The van der Waals surface area contributed by atoms with E-state index < -0.39 is 0 Å². The molecule has 0 spiro atoms. The van der Waals surface area contributed by atoms with E-state index in [0.717, 1.165) is 0 Å². The fourth-order valence-electron chi connectivity index (χ4n) is 2.49. The first-order chi connectivity index (χ1) is 9.85. The summed E-state index contributed by atoms with van der Waals surface area (Å²) < 4.78 is 0. The Balaban J connectivity index is 3.38. The molecule has 2 nitrogen and oxygen atoms in total. The van der Waals surface area contributed by atoms with Crippen LogP contribution in [0.4, 0.5) is 0 Å². The Morgan fingerprint density at radius 2 is 1.10 bits per heavy atom. The fourth-order valence-corrected chi connectivity index (χ4v) is 2.49. The van der Waals surface area contributed by atoms with Gasteiger partial charge in [-0.3, -0.25) is 0 Å². The minimum atomic E-state index is 1.17. The molecular formula is C18H40N2. The molecule has 0 rings (SSSR count). The van der Waals surface area contributed by atoms with Crippen LogP contribution in [-0.4, -0.2) is 37.6 Å². The van der Waals surface area contributed by atoms with Crippen molar-refractivity contribution >= 4 is 0 Å². The second kappa shape index (κ2) is 17.0. The van der Waals surface area contributed by atoms with E-state index in [1.54, 1.807) is 0 Å². The second-order valence-electron chi connectivity index (χ2n) is 6.07. The number of nitrogens with zero attached hydrogens (tertiary/aromatic N) is 1. The third kappa shape index (κ3) is 14.3. The van der Waals surface area contributed by atoms with Crippen LogP contribution in [0.1, 0.15) is 85.0 Å². The molecular weight excluding hydrogens is 244 g/mol. The van der Waals surface area contributed by atoms with Crippen LogP contribution in [0.15, 0.2) is 0 Å².